The van der Waals surface area contributed by atoms with Crippen LogP contribution in [0.5, 0.6) is 5.75 Å². The molecule has 0 saturated heterocycles. The number of aromatic nitrogens is 2. The summed E-state index contributed by atoms with van der Waals surface area (Å²) in [6.45, 7) is 0. The number of aromatic carboxylic acids is 1. The fraction of sp³-hybridized carbons (Fsp3) is 0.0909. The molecule has 88 valence electrons. The van der Waals surface area contributed by atoms with Gasteiger partial charge in [0.15, 0.2) is 5.69 Å². The Morgan fingerprint density at radius 2 is 2.29 bits per heavy atom. The van der Waals surface area contributed by atoms with Crippen molar-refractivity contribution < 1.29 is 14.6 Å². The largest absolute Gasteiger partial charge is 0.497 e. The van der Waals surface area contributed by atoms with Crippen LogP contribution in [0.15, 0.2) is 24.3 Å². The Bertz CT molecular complexity index is 566. The number of methoxy groups -OCH3 is 1. The summed E-state index contributed by atoms with van der Waals surface area (Å²) in [5.41, 5.74) is 0.517. The number of ether oxygens (including phenoxy) is 1. The van der Waals surface area contributed by atoms with Crippen molar-refractivity contribution in [3.8, 4) is 17.1 Å². The summed E-state index contributed by atoms with van der Waals surface area (Å²) in [4.78, 5) is 17.4. The van der Waals surface area contributed by atoms with Crippen LogP contribution in [0, 0.1) is 0 Å². The number of nitrogens with zero attached hydrogens (tertiary/aromatic N) is 1. The standard InChI is InChI=1S/C11H9ClN2O3/c1-17-7-4-2-3-6(5-7)10-13-8(11(15)16)9(12)14-10/h2-5H,1H3,(H,13,14)(H,15,16). The molecule has 0 atom stereocenters. The molecule has 5 nitrogen and oxygen atoms in total. The highest BCUT2D eigenvalue weighted by Gasteiger charge is 2.15. The summed E-state index contributed by atoms with van der Waals surface area (Å²) in [6.07, 6.45) is 0. The number of benzene rings is 1. The lowest BCUT2D eigenvalue weighted by Crippen LogP contribution is -1.96. The second-order valence-electron chi connectivity index (χ2n) is 3.29. The molecule has 2 rings (SSSR count). The van der Waals surface area contributed by atoms with Gasteiger partial charge in [-0.15, -0.1) is 0 Å². The summed E-state index contributed by atoms with van der Waals surface area (Å²) in [6, 6.07) is 7.08. The summed E-state index contributed by atoms with van der Waals surface area (Å²) in [5, 5.41) is 8.84. The van der Waals surface area contributed by atoms with Crippen LogP contribution < -0.4 is 4.74 Å². The Morgan fingerprint density at radius 1 is 1.53 bits per heavy atom. The first-order valence-electron chi connectivity index (χ1n) is 4.75. The van der Waals surface area contributed by atoms with E-state index in [1.807, 2.05) is 0 Å². The summed E-state index contributed by atoms with van der Waals surface area (Å²) in [5.74, 6) is -0.112. The molecule has 0 bridgehead atoms. The number of carboxylic acids is 1. The molecule has 0 spiro atoms. The predicted molar refractivity (Wildman–Crippen MR) is 62.5 cm³/mol. The maximum atomic E-state index is 10.8. The van der Waals surface area contributed by atoms with Crippen molar-refractivity contribution in [3.05, 3.63) is 35.1 Å². The van der Waals surface area contributed by atoms with Crippen molar-refractivity contribution in [3.63, 3.8) is 0 Å². The minimum atomic E-state index is -1.17. The van der Waals surface area contributed by atoms with E-state index in [1.54, 1.807) is 31.4 Å². The average Bonchev–Trinajstić information content (AvgIpc) is 2.71. The number of rotatable bonds is 3. The highest BCUT2D eigenvalue weighted by molar-refractivity contribution is 6.32. The van der Waals surface area contributed by atoms with Crippen LogP contribution in [-0.2, 0) is 0 Å². The Morgan fingerprint density at radius 3 is 2.88 bits per heavy atom. The normalized spacial score (nSPS) is 10.2. The maximum Gasteiger partial charge on any atom is 0.357 e. The van der Waals surface area contributed by atoms with Gasteiger partial charge in [-0.1, -0.05) is 23.7 Å². The monoisotopic (exact) mass is 252 g/mol. The number of hydrogen-bond acceptors (Lipinski definition) is 3. The number of halogens is 1. The number of carbonyl (C=O) groups is 1. The molecule has 0 aliphatic rings. The van der Waals surface area contributed by atoms with Gasteiger partial charge >= 0.3 is 5.97 Å². The van der Waals surface area contributed by atoms with Crippen LogP contribution in [0.4, 0.5) is 0 Å². The van der Waals surface area contributed by atoms with Crippen LogP contribution >= 0.6 is 11.6 Å². The zero-order chi connectivity index (χ0) is 12.4. The molecule has 0 aliphatic carbocycles. The lowest BCUT2D eigenvalue weighted by Gasteiger charge is -2.01. The minimum Gasteiger partial charge on any atom is -0.497 e. The van der Waals surface area contributed by atoms with Crippen molar-refractivity contribution in [2.45, 2.75) is 0 Å². The molecule has 0 aliphatic heterocycles. The fourth-order valence-corrected chi connectivity index (χ4v) is 1.61. The van der Waals surface area contributed by atoms with Gasteiger partial charge in [0.05, 0.1) is 7.11 Å². The SMILES string of the molecule is COc1cccc(-c2nc(C(=O)O)c(Cl)[nH]2)c1. The van der Waals surface area contributed by atoms with E-state index in [0.717, 1.165) is 0 Å². The highest BCUT2D eigenvalue weighted by Crippen LogP contribution is 2.24. The van der Waals surface area contributed by atoms with E-state index in [9.17, 15) is 4.79 Å². The van der Waals surface area contributed by atoms with E-state index in [1.165, 1.54) is 0 Å². The highest BCUT2D eigenvalue weighted by atomic mass is 35.5. The second kappa shape index (κ2) is 4.47. The molecule has 0 saturated carbocycles. The van der Waals surface area contributed by atoms with Gasteiger partial charge < -0.3 is 14.8 Å². The van der Waals surface area contributed by atoms with E-state index in [2.05, 4.69) is 9.97 Å². The van der Waals surface area contributed by atoms with Crippen LogP contribution in [0.25, 0.3) is 11.4 Å². The number of nitrogens with one attached hydrogen (secondary N) is 1. The zero-order valence-corrected chi connectivity index (χ0v) is 9.65. The third-order valence-electron chi connectivity index (χ3n) is 2.21. The molecule has 2 N–H and O–H groups in total. The first kappa shape index (κ1) is 11.5. The third kappa shape index (κ3) is 2.24. The predicted octanol–water partition coefficient (Wildman–Crippen LogP) is 2.44. The van der Waals surface area contributed by atoms with Crippen molar-refractivity contribution >= 4 is 17.6 Å². The van der Waals surface area contributed by atoms with Crippen molar-refractivity contribution in [2.24, 2.45) is 0 Å². The van der Waals surface area contributed by atoms with Gasteiger partial charge in [0.1, 0.15) is 16.7 Å². The average molecular weight is 253 g/mol. The number of hydrogen-bond donors (Lipinski definition) is 2. The van der Waals surface area contributed by atoms with E-state index >= 15 is 0 Å². The minimum absolute atomic E-state index is 0.00956. The summed E-state index contributed by atoms with van der Waals surface area (Å²) >= 11 is 5.73. The number of carboxylic acid groups (broad SMARTS) is 1. The number of H-pyrrole nitrogens is 1. The van der Waals surface area contributed by atoms with Crippen molar-refractivity contribution in [1.82, 2.24) is 9.97 Å². The Kier molecular flexibility index (Phi) is 3.01. The second-order valence-corrected chi connectivity index (χ2v) is 3.66. The zero-order valence-electron chi connectivity index (χ0n) is 8.90. The number of aromatic amines is 1. The molecule has 6 heteroatoms. The van der Waals surface area contributed by atoms with E-state index in [4.69, 9.17) is 21.4 Å². The topological polar surface area (TPSA) is 75.2 Å². The van der Waals surface area contributed by atoms with Crippen LogP contribution in [0.1, 0.15) is 10.5 Å². The molecule has 0 amide bonds. The van der Waals surface area contributed by atoms with Crippen molar-refractivity contribution in [1.29, 1.82) is 0 Å². The quantitative estimate of drug-likeness (QED) is 0.880. The van der Waals surface area contributed by atoms with Gasteiger partial charge in [0.2, 0.25) is 0 Å². The van der Waals surface area contributed by atoms with Gasteiger partial charge in [-0.3, -0.25) is 0 Å². The van der Waals surface area contributed by atoms with E-state index in [-0.39, 0.29) is 10.8 Å². The molecule has 1 aromatic carbocycles. The molecule has 0 unspecified atom stereocenters. The molecule has 2 aromatic rings. The van der Waals surface area contributed by atoms with Gasteiger partial charge in [-0.05, 0) is 12.1 Å². The molecule has 0 fully saturated rings. The van der Waals surface area contributed by atoms with Gasteiger partial charge in [0, 0.05) is 5.56 Å². The van der Waals surface area contributed by atoms with Crippen LogP contribution in [0.3, 0.4) is 0 Å². The summed E-state index contributed by atoms with van der Waals surface area (Å²) < 4.78 is 5.07. The number of imidazole rings is 1. The maximum absolute atomic E-state index is 10.8. The molecule has 0 radical (unpaired) electrons. The van der Waals surface area contributed by atoms with Gasteiger partial charge in [-0.25, -0.2) is 9.78 Å². The third-order valence-corrected chi connectivity index (χ3v) is 2.48. The Labute approximate surface area is 102 Å². The summed E-state index contributed by atoms with van der Waals surface area (Å²) in [7, 11) is 1.55. The lowest BCUT2D eigenvalue weighted by atomic mass is 10.2. The van der Waals surface area contributed by atoms with Crippen LogP contribution in [-0.4, -0.2) is 28.2 Å². The smallest absolute Gasteiger partial charge is 0.357 e. The first-order valence-corrected chi connectivity index (χ1v) is 5.13. The Hall–Kier alpha value is -2.01. The molecular formula is C11H9ClN2O3. The fourth-order valence-electron chi connectivity index (χ4n) is 1.40. The van der Waals surface area contributed by atoms with E-state index < -0.39 is 5.97 Å². The molecular weight excluding hydrogens is 244 g/mol. The van der Waals surface area contributed by atoms with E-state index in [0.29, 0.717) is 17.1 Å². The molecule has 1 heterocycles. The van der Waals surface area contributed by atoms with Gasteiger partial charge in [0.25, 0.3) is 0 Å². The van der Waals surface area contributed by atoms with Gasteiger partial charge in [-0.2, -0.15) is 0 Å². The lowest BCUT2D eigenvalue weighted by molar-refractivity contribution is 0.0691. The van der Waals surface area contributed by atoms with Crippen LogP contribution in [0.2, 0.25) is 5.15 Å². The molecule has 1 aromatic heterocycles. The Balaban J connectivity index is 2.46. The first-order chi connectivity index (χ1) is 8.11. The van der Waals surface area contributed by atoms with Crippen molar-refractivity contribution in [2.75, 3.05) is 7.11 Å². The molecule has 17 heavy (non-hydrogen) atoms.